The highest BCUT2D eigenvalue weighted by atomic mass is 16.5. The average Bonchev–Trinajstić information content (AvgIpc) is 2.95. The van der Waals surface area contributed by atoms with Crippen molar-refractivity contribution in [3.63, 3.8) is 0 Å². The molecule has 0 aliphatic heterocycles. The Bertz CT molecular complexity index is 812. The van der Waals surface area contributed by atoms with Gasteiger partial charge < -0.3 is 20.3 Å². The molecule has 0 saturated carbocycles. The highest BCUT2D eigenvalue weighted by Crippen LogP contribution is 2.12. The molecule has 2 aromatic rings. The van der Waals surface area contributed by atoms with Gasteiger partial charge in [0.2, 0.25) is 0 Å². The van der Waals surface area contributed by atoms with Gasteiger partial charge in [-0.05, 0) is 31.5 Å². The van der Waals surface area contributed by atoms with Crippen molar-refractivity contribution < 1.29 is 14.3 Å². The highest BCUT2D eigenvalue weighted by molar-refractivity contribution is 5.93. The molecule has 8 nitrogen and oxygen atoms in total. The van der Waals surface area contributed by atoms with E-state index in [4.69, 9.17) is 4.74 Å². The van der Waals surface area contributed by atoms with Crippen LogP contribution in [0.25, 0.3) is 0 Å². The van der Waals surface area contributed by atoms with E-state index in [0.717, 1.165) is 22.5 Å². The van der Waals surface area contributed by atoms with Crippen LogP contribution in [0.15, 0.2) is 24.3 Å². The van der Waals surface area contributed by atoms with Crippen LogP contribution in [0, 0.1) is 13.8 Å². The minimum atomic E-state index is -0.253. The molecule has 3 amide bonds. The van der Waals surface area contributed by atoms with Crippen molar-refractivity contribution in [2.75, 3.05) is 27.8 Å². The Labute approximate surface area is 165 Å². The lowest BCUT2D eigenvalue weighted by Crippen LogP contribution is -2.34. The van der Waals surface area contributed by atoms with Gasteiger partial charge in [-0.2, -0.15) is 5.10 Å². The molecular weight excluding hydrogens is 358 g/mol. The topological polar surface area (TPSA) is 88.5 Å². The average molecular weight is 387 g/mol. The van der Waals surface area contributed by atoms with Crippen LogP contribution < -0.4 is 10.6 Å². The van der Waals surface area contributed by atoms with E-state index in [9.17, 15) is 9.59 Å². The van der Waals surface area contributed by atoms with Crippen LogP contribution in [0.5, 0.6) is 0 Å². The largest absolute Gasteiger partial charge is 0.383 e. The van der Waals surface area contributed by atoms with Gasteiger partial charge in [0.15, 0.2) is 0 Å². The third-order valence-electron chi connectivity index (χ3n) is 4.52. The van der Waals surface area contributed by atoms with E-state index in [1.54, 1.807) is 33.3 Å². The van der Waals surface area contributed by atoms with Crippen molar-refractivity contribution in [2.45, 2.75) is 33.5 Å². The maximum atomic E-state index is 12.1. The first kappa shape index (κ1) is 21.4. The molecule has 152 valence electrons. The standard InChI is InChI=1S/C20H29N5O3/c1-14-18(15(2)25(23-14)10-11-28-5)13-22-20(27)21-12-16-6-8-17(9-7-16)19(26)24(3)4/h6-9H,10-13H2,1-5H3,(H2,21,22,27). The Morgan fingerprint density at radius 3 is 2.36 bits per heavy atom. The lowest BCUT2D eigenvalue weighted by Gasteiger charge is -2.11. The quantitative estimate of drug-likeness (QED) is 0.724. The van der Waals surface area contributed by atoms with Crippen molar-refractivity contribution in [3.05, 3.63) is 52.3 Å². The number of aryl methyl sites for hydroxylation is 1. The molecule has 0 radical (unpaired) electrons. The molecule has 0 fully saturated rings. The van der Waals surface area contributed by atoms with E-state index in [2.05, 4.69) is 15.7 Å². The van der Waals surface area contributed by atoms with E-state index in [1.807, 2.05) is 30.7 Å². The second-order valence-corrected chi connectivity index (χ2v) is 6.80. The van der Waals surface area contributed by atoms with E-state index >= 15 is 0 Å². The Balaban J connectivity index is 1.85. The first-order chi connectivity index (χ1) is 13.3. The minimum Gasteiger partial charge on any atom is -0.383 e. The summed E-state index contributed by atoms with van der Waals surface area (Å²) in [6.45, 7) is 5.99. The molecule has 0 saturated heterocycles. The molecule has 1 aromatic carbocycles. The van der Waals surface area contributed by atoms with Gasteiger partial charge in [0.25, 0.3) is 5.91 Å². The first-order valence-electron chi connectivity index (χ1n) is 9.17. The molecule has 0 aliphatic rings. The summed E-state index contributed by atoms with van der Waals surface area (Å²) in [4.78, 5) is 25.5. The maximum absolute atomic E-state index is 12.1. The Hall–Kier alpha value is -2.87. The van der Waals surface area contributed by atoms with Crippen LogP contribution in [0.2, 0.25) is 0 Å². The fourth-order valence-corrected chi connectivity index (χ4v) is 2.82. The molecular formula is C20H29N5O3. The Morgan fingerprint density at radius 2 is 1.75 bits per heavy atom. The summed E-state index contributed by atoms with van der Waals surface area (Å²) in [5.74, 6) is -0.0472. The van der Waals surface area contributed by atoms with Gasteiger partial charge in [-0.25, -0.2) is 4.79 Å². The van der Waals surface area contributed by atoms with Gasteiger partial charge in [-0.15, -0.1) is 0 Å². The molecule has 1 aromatic heterocycles. The number of benzene rings is 1. The molecule has 2 N–H and O–H groups in total. The van der Waals surface area contributed by atoms with E-state index in [-0.39, 0.29) is 11.9 Å². The van der Waals surface area contributed by atoms with Gasteiger partial charge in [-0.1, -0.05) is 12.1 Å². The minimum absolute atomic E-state index is 0.0472. The van der Waals surface area contributed by atoms with Crippen LogP contribution >= 0.6 is 0 Å². The zero-order chi connectivity index (χ0) is 20.7. The highest BCUT2D eigenvalue weighted by Gasteiger charge is 2.12. The molecule has 0 unspecified atom stereocenters. The number of hydrogen-bond acceptors (Lipinski definition) is 4. The van der Waals surface area contributed by atoms with Crippen molar-refractivity contribution in [1.29, 1.82) is 0 Å². The molecule has 0 atom stereocenters. The number of ether oxygens (including phenoxy) is 1. The number of urea groups is 1. The fourth-order valence-electron chi connectivity index (χ4n) is 2.82. The van der Waals surface area contributed by atoms with E-state index in [0.29, 0.717) is 31.8 Å². The number of methoxy groups -OCH3 is 1. The van der Waals surface area contributed by atoms with Crippen molar-refractivity contribution >= 4 is 11.9 Å². The number of hydrogen-bond donors (Lipinski definition) is 2. The van der Waals surface area contributed by atoms with Gasteiger partial charge in [0.1, 0.15) is 0 Å². The predicted octanol–water partition coefficient (Wildman–Crippen LogP) is 1.85. The second-order valence-electron chi connectivity index (χ2n) is 6.80. The summed E-state index contributed by atoms with van der Waals surface area (Å²) < 4.78 is 6.99. The number of nitrogens with zero attached hydrogens (tertiary/aromatic N) is 3. The normalized spacial score (nSPS) is 10.6. The third kappa shape index (κ3) is 5.56. The fraction of sp³-hybridized carbons (Fsp3) is 0.450. The first-order valence-corrected chi connectivity index (χ1v) is 9.17. The van der Waals surface area contributed by atoms with Crippen molar-refractivity contribution in [3.8, 4) is 0 Å². The summed E-state index contributed by atoms with van der Waals surface area (Å²) in [7, 11) is 5.09. The molecule has 0 aliphatic carbocycles. The van der Waals surface area contributed by atoms with Gasteiger partial charge >= 0.3 is 6.03 Å². The Morgan fingerprint density at radius 1 is 1.11 bits per heavy atom. The molecule has 2 rings (SSSR count). The van der Waals surface area contributed by atoms with Crippen LogP contribution in [-0.4, -0.2) is 54.4 Å². The Kier molecular flexibility index (Phi) is 7.57. The van der Waals surface area contributed by atoms with Crippen LogP contribution in [0.3, 0.4) is 0 Å². The molecule has 0 bridgehead atoms. The number of carbonyl (C=O) groups excluding carboxylic acids is 2. The van der Waals surface area contributed by atoms with E-state index in [1.165, 1.54) is 4.90 Å². The lowest BCUT2D eigenvalue weighted by molar-refractivity contribution is 0.0827. The number of rotatable bonds is 8. The summed E-state index contributed by atoms with van der Waals surface area (Å²) in [6, 6.07) is 6.95. The summed E-state index contributed by atoms with van der Waals surface area (Å²) in [5, 5.41) is 10.2. The van der Waals surface area contributed by atoms with Gasteiger partial charge in [-0.3, -0.25) is 9.48 Å². The SMILES string of the molecule is COCCn1nc(C)c(CNC(=O)NCc2ccc(C(=O)N(C)C)cc2)c1C. The van der Waals surface area contributed by atoms with Gasteiger partial charge in [0, 0.05) is 51.1 Å². The second kappa shape index (κ2) is 9.89. The molecule has 28 heavy (non-hydrogen) atoms. The maximum Gasteiger partial charge on any atom is 0.315 e. The van der Waals surface area contributed by atoms with E-state index < -0.39 is 0 Å². The van der Waals surface area contributed by atoms with Crippen LogP contribution in [0.4, 0.5) is 4.79 Å². The van der Waals surface area contributed by atoms with Crippen LogP contribution in [-0.2, 0) is 24.4 Å². The number of aromatic nitrogens is 2. The lowest BCUT2D eigenvalue weighted by atomic mass is 10.1. The monoisotopic (exact) mass is 387 g/mol. The molecule has 8 heteroatoms. The molecule has 1 heterocycles. The summed E-state index contributed by atoms with van der Waals surface area (Å²) >= 11 is 0. The predicted molar refractivity (Wildman–Crippen MR) is 107 cm³/mol. The van der Waals surface area contributed by atoms with Crippen molar-refractivity contribution in [1.82, 2.24) is 25.3 Å². The van der Waals surface area contributed by atoms with Gasteiger partial charge in [0.05, 0.1) is 18.8 Å². The van der Waals surface area contributed by atoms with Crippen molar-refractivity contribution in [2.24, 2.45) is 0 Å². The summed E-state index contributed by atoms with van der Waals surface area (Å²) in [5.41, 5.74) is 4.48. The zero-order valence-electron chi connectivity index (χ0n) is 17.2. The smallest absolute Gasteiger partial charge is 0.315 e. The number of nitrogens with one attached hydrogen (secondary N) is 2. The third-order valence-corrected chi connectivity index (χ3v) is 4.52. The summed E-state index contributed by atoms with van der Waals surface area (Å²) in [6.07, 6.45) is 0. The number of carbonyl (C=O) groups is 2. The van der Waals surface area contributed by atoms with Crippen LogP contribution in [0.1, 0.15) is 32.9 Å². The molecule has 0 spiro atoms. The zero-order valence-corrected chi connectivity index (χ0v) is 17.2. The number of amides is 3.